The Hall–Kier alpha value is -2.24. The molecule has 1 N–H and O–H groups in total. The lowest BCUT2D eigenvalue weighted by Crippen LogP contribution is -2.13. The highest BCUT2D eigenvalue weighted by molar-refractivity contribution is 8.01. The van der Waals surface area contributed by atoms with Crippen LogP contribution in [-0.2, 0) is 17.4 Å². The van der Waals surface area contributed by atoms with Gasteiger partial charge in [-0.2, -0.15) is 13.2 Å². The summed E-state index contributed by atoms with van der Waals surface area (Å²) in [4.78, 5) is 25.0. The highest BCUT2D eigenvalue weighted by Gasteiger charge is 2.30. The number of benzene rings is 1. The van der Waals surface area contributed by atoms with E-state index in [1.54, 1.807) is 0 Å². The molecule has 3 rings (SSSR count). The number of nitrogens with one attached hydrogen (secondary N) is 1. The summed E-state index contributed by atoms with van der Waals surface area (Å²) in [6.07, 6.45) is -4.27. The van der Waals surface area contributed by atoms with Gasteiger partial charge in [-0.25, -0.2) is 0 Å². The van der Waals surface area contributed by atoms with Gasteiger partial charge in [0.1, 0.15) is 0 Å². The molecule has 0 bridgehead atoms. The molecule has 0 unspecified atom stereocenters. The third kappa shape index (κ3) is 5.63. The van der Waals surface area contributed by atoms with E-state index in [9.17, 15) is 22.8 Å². The summed E-state index contributed by atoms with van der Waals surface area (Å²) < 4.78 is 38.7. The largest absolute Gasteiger partial charge is 0.416 e. The van der Waals surface area contributed by atoms with Crippen LogP contribution in [0.4, 0.5) is 18.3 Å². The quantitative estimate of drug-likeness (QED) is 0.323. The first-order valence-corrected chi connectivity index (χ1v) is 10.5. The first-order valence-electron chi connectivity index (χ1n) is 7.80. The van der Waals surface area contributed by atoms with Crippen molar-refractivity contribution in [1.29, 1.82) is 0 Å². The van der Waals surface area contributed by atoms with Gasteiger partial charge in [0.25, 0.3) is 0 Å². The maximum absolute atomic E-state index is 12.7. The zero-order chi connectivity index (χ0) is 20.1. The number of aromatic nitrogens is 2. The molecule has 11 heteroatoms. The van der Waals surface area contributed by atoms with E-state index in [-0.39, 0.29) is 23.6 Å². The molecule has 1 aromatic carbocycles. The van der Waals surface area contributed by atoms with E-state index in [2.05, 4.69) is 15.5 Å². The van der Waals surface area contributed by atoms with E-state index in [4.69, 9.17) is 0 Å². The van der Waals surface area contributed by atoms with Gasteiger partial charge >= 0.3 is 6.18 Å². The van der Waals surface area contributed by atoms with Gasteiger partial charge in [0, 0.05) is 10.4 Å². The second-order valence-electron chi connectivity index (χ2n) is 5.47. The molecule has 0 aliphatic carbocycles. The number of thiophene rings is 1. The van der Waals surface area contributed by atoms with Crippen molar-refractivity contribution in [2.75, 3.05) is 11.1 Å². The molecular formula is C17H12F3N3O2S3. The minimum Gasteiger partial charge on any atom is -0.300 e. The molecule has 2 heterocycles. The Bertz CT molecular complexity index is 971. The predicted molar refractivity (Wildman–Crippen MR) is 103 cm³/mol. The van der Waals surface area contributed by atoms with Gasteiger partial charge < -0.3 is 5.32 Å². The lowest BCUT2D eigenvalue weighted by Gasteiger charge is -2.07. The van der Waals surface area contributed by atoms with E-state index in [0.717, 1.165) is 40.1 Å². The normalized spacial score (nSPS) is 11.4. The number of thioether (sulfide) groups is 1. The third-order valence-electron chi connectivity index (χ3n) is 3.41. The van der Waals surface area contributed by atoms with Gasteiger partial charge in [-0.1, -0.05) is 41.3 Å². The van der Waals surface area contributed by atoms with Crippen LogP contribution in [0, 0.1) is 0 Å². The number of carbonyl (C=O) groups is 2. The van der Waals surface area contributed by atoms with Crippen molar-refractivity contribution < 1.29 is 22.8 Å². The fourth-order valence-corrected chi connectivity index (χ4v) is 4.50. The van der Waals surface area contributed by atoms with Gasteiger partial charge in [-0.15, -0.1) is 21.5 Å². The number of amides is 1. The number of Topliss-reactive ketones (excluding diaryl/α,β-unsaturated/α-hetero) is 1. The van der Waals surface area contributed by atoms with Gasteiger partial charge in [0.05, 0.1) is 17.7 Å². The minimum absolute atomic E-state index is 0.0173. The zero-order valence-corrected chi connectivity index (χ0v) is 16.5. The topological polar surface area (TPSA) is 72.0 Å². The number of alkyl halides is 3. The van der Waals surface area contributed by atoms with Crippen LogP contribution in [0.3, 0.4) is 0 Å². The first kappa shape index (κ1) is 20.5. The van der Waals surface area contributed by atoms with Crippen LogP contribution < -0.4 is 5.32 Å². The van der Waals surface area contributed by atoms with E-state index < -0.39 is 17.5 Å². The smallest absolute Gasteiger partial charge is 0.300 e. The molecule has 5 nitrogen and oxygen atoms in total. The van der Waals surface area contributed by atoms with Gasteiger partial charge in [0.15, 0.2) is 10.1 Å². The van der Waals surface area contributed by atoms with Crippen LogP contribution in [0.1, 0.15) is 20.8 Å². The van der Waals surface area contributed by atoms with Crippen molar-refractivity contribution in [2.45, 2.75) is 16.9 Å². The predicted octanol–water partition coefficient (Wildman–Crippen LogP) is 4.77. The molecule has 0 atom stereocenters. The summed E-state index contributed by atoms with van der Waals surface area (Å²) in [6.45, 7) is 0. The summed E-state index contributed by atoms with van der Waals surface area (Å²) in [5.74, 6) is -0.760. The third-order valence-corrected chi connectivity index (χ3v) is 6.25. The molecule has 0 saturated carbocycles. The molecule has 0 aliphatic rings. The lowest BCUT2D eigenvalue weighted by atomic mass is 10.1. The highest BCUT2D eigenvalue weighted by Crippen LogP contribution is 2.30. The summed E-state index contributed by atoms with van der Waals surface area (Å²) in [5.41, 5.74) is -0.883. The van der Waals surface area contributed by atoms with Crippen molar-refractivity contribution in [2.24, 2.45) is 0 Å². The van der Waals surface area contributed by atoms with E-state index in [1.165, 1.54) is 23.5 Å². The maximum atomic E-state index is 12.7. The molecule has 146 valence electrons. The molecule has 0 spiro atoms. The fourth-order valence-electron chi connectivity index (χ4n) is 2.13. The average Bonchev–Trinajstić information content (AvgIpc) is 3.31. The highest BCUT2D eigenvalue weighted by atomic mass is 32.2. The number of halogens is 3. The number of carbonyl (C=O) groups excluding carboxylic acids is 2. The summed E-state index contributed by atoms with van der Waals surface area (Å²) in [6, 6.07) is 8.00. The Kier molecular flexibility index (Phi) is 6.47. The minimum atomic E-state index is -4.50. The number of hydrogen-bond donors (Lipinski definition) is 1. The van der Waals surface area contributed by atoms with Crippen LogP contribution in [0.25, 0.3) is 0 Å². The number of anilines is 1. The van der Waals surface area contributed by atoms with Crippen LogP contribution in [0.2, 0.25) is 0 Å². The van der Waals surface area contributed by atoms with E-state index >= 15 is 0 Å². The second kappa shape index (κ2) is 8.84. The second-order valence-corrected chi connectivity index (χ2v) is 8.70. The molecular weight excluding hydrogens is 431 g/mol. The lowest BCUT2D eigenvalue weighted by molar-refractivity contribution is -0.137. The molecule has 0 saturated heterocycles. The average molecular weight is 443 g/mol. The molecule has 2 aromatic heterocycles. The van der Waals surface area contributed by atoms with E-state index in [0.29, 0.717) is 9.47 Å². The Balaban J connectivity index is 1.54. The Morgan fingerprint density at radius 3 is 2.68 bits per heavy atom. The van der Waals surface area contributed by atoms with Crippen molar-refractivity contribution in [3.63, 3.8) is 0 Å². The zero-order valence-electron chi connectivity index (χ0n) is 14.0. The number of rotatable bonds is 7. The standard InChI is InChI=1S/C17H12F3N3O2S3/c18-17(19,20)11-4-1-3-10(7-11)13(24)9-27-16-23-22-15(28-16)21-14(25)8-12-5-2-6-26-12/h1-7H,8-9H2,(H,21,22,25). The Morgan fingerprint density at radius 2 is 1.96 bits per heavy atom. The molecule has 28 heavy (non-hydrogen) atoms. The van der Waals surface area contributed by atoms with Crippen molar-refractivity contribution in [1.82, 2.24) is 10.2 Å². The van der Waals surface area contributed by atoms with Gasteiger partial charge in [0.2, 0.25) is 11.0 Å². The van der Waals surface area contributed by atoms with Crippen molar-refractivity contribution in [3.8, 4) is 0 Å². The van der Waals surface area contributed by atoms with E-state index in [1.807, 2.05) is 17.5 Å². The number of nitrogens with zero attached hydrogens (tertiary/aromatic N) is 2. The number of ketones is 1. The van der Waals surface area contributed by atoms with Crippen molar-refractivity contribution >= 4 is 51.3 Å². The van der Waals surface area contributed by atoms with Crippen LogP contribution in [-0.4, -0.2) is 27.6 Å². The molecule has 1 amide bonds. The molecule has 0 fully saturated rings. The molecule has 0 aliphatic heterocycles. The SMILES string of the molecule is O=C(Cc1cccs1)Nc1nnc(SCC(=O)c2cccc(C(F)(F)F)c2)s1. The Morgan fingerprint density at radius 1 is 1.14 bits per heavy atom. The van der Waals surface area contributed by atoms with Crippen LogP contribution in [0.15, 0.2) is 46.1 Å². The summed E-state index contributed by atoms with van der Waals surface area (Å²) >= 11 is 3.63. The van der Waals surface area contributed by atoms with Gasteiger partial charge in [-0.3, -0.25) is 9.59 Å². The van der Waals surface area contributed by atoms with Gasteiger partial charge in [-0.05, 0) is 23.6 Å². The summed E-state index contributed by atoms with van der Waals surface area (Å²) in [5, 5.41) is 12.5. The Labute approximate surface area is 170 Å². The van der Waals surface area contributed by atoms with Crippen LogP contribution >= 0.6 is 34.4 Å². The summed E-state index contributed by atoms with van der Waals surface area (Å²) in [7, 11) is 0. The van der Waals surface area contributed by atoms with Crippen LogP contribution in [0.5, 0.6) is 0 Å². The molecule has 0 radical (unpaired) electrons. The molecule has 3 aromatic rings. The monoisotopic (exact) mass is 443 g/mol. The fraction of sp³-hybridized carbons (Fsp3) is 0.176. The number of hydrogen-bond acceptors (Lipinski definition) is 7. The van der Waals surface area contributed by atoms with Crippen molar-refractivity contribution in [3.05, 3.63) is 57.8 Å². The maximum Gasteiger partial charge on any atom is 0.416 e. The first-order chi connectivity index (χ1) is 13.3.